The van der Waals surface area contributed by atoms with Crippen LogP contribution >= 0.6 is 0 Å². The smallest absolute Gasteiger partial charge is 0.251 e. The fraction of sp³-hybridized carbons (Fsp3) is 0.312. The summed E-state index contributed by atoms with van der Waals surface area (Å²) in [4.78, 5) is 11.9. The van der Waals surface area contributed by atoms with E-state index in [1.54, 1.807) is 18.4 Å². The maximum absolute atomic E-state index is 11.9. The van der Waals surface area contributed by atoms with Crippen LogP contribution in [-0.2, 0) is 12.8 Å². The third-order valence-corrected chi connectivity index (χ3v) is 3.77. The minimum atomic E-state index is -0.760. The van der Waals surface area contributed by atoms with Crippen LogP contribution in [0.25, 0.3) is 0 Å². The van der Waals surface area contributed by atoms with E-state index in [0.717, 1.165) is 35.3 Å². The molecule has 20 heavy (non-hydrogen) atoms. The second-order valence-corrected chi connectivity index (χ2v) is 4.98. The zero-order valence-electron chi connectivity index (χ0n) is 11.3. The van der Waals surface area contributed by atoms with Crippen LogP contribution in [0.2, 0.25) is 0 Å². The van der Waals surface area contributed by atoms with Gasteiger partial charge in [-0.2, -0.15) is 0 Å². The Hall–Kier alpha value is -2.07. The summed E-state index contributed by atoms with van der Waals surface area (Å²) in [5.41, 5.74) is 3.18. The van der Waals surface area contributed by atoms with E-state index >= 15 is 0 Å². The Kier molecular flexibility index (Phi) is 3.32. The average Bonchev–Trinajstić information content (AvgIpc) is 2.95. The van der Waals surface area contributed by atoms with E-state index in [2.05, 4.69) is 5.32 Å². The molecule has 0 radical (unpaired) electrons. The third kappa shape index (κ3) is 2.12. The molecule has 2 aromatic rings. The Morgan fingerprint density at radius 1 is 1.40 bits per heavy atom. The normalized spacial score (nSPS) is 15.6. The average molecular weight is 271 g/mol. The summed E-state index contributed by atoms with van der Waals surface area (Å²) >= 11 is 0. The number of aliphatic hydroxyl groups excluding tert-OH is 1. The molecule has 1 aliphatic heterocycles. The van der Waals surface area contributed by atoms with Gasteiger partial charge in [0.15, 0.2) is 0 Å². The Labute approximate surface area is 117 Å². The molecule has 2 N–H and O–H groups in total. The van der Waals surface area contributed by atoms with Crippen molar-refractivity contribution in [3.63, 3.8) is 0 Å². The zero-order chi connectivity index (χ0) is 14.1. The quantitative estimate of drug-likeness (QED) is 0.899. The summed E-state index contributed by atoms with van der Waals surface area (Å²) in [6.07, 6.45) is 2.39. The molecule has 2 heterocycles. The van der Waals surface area contributed by atoms with Gasteiger partial charge in [-0.15, -0.1) is 0 Å². The van der Waals surface area contributed by atoms with Crippen molar-refractivity contribution >= 4 is 5.91 Å². The van der Waals surface area contributed by atoms with Crippen LogP contribution < -0.4 is 5.32 Å². The topological polar surface area (TPSA) is 62.5 Å². The summed E-state index contributed by atoms with van der Waals surface area (Å²) in [7, 11) is 0. The predicted octanol–water partition coefficient (Wildman–Crippen LogP) is 2.21. The van der Waals surface area contributed by atoms with Gasteiger partial charge in [0.05, 0.1) is 6.26 Å². The molecule has 104 valence electrons. The lowest BCUT2D eigenvalue weighted by Gasteiger charge is -2.19. The lowest BCUT2D eigenvalue weighted by atomic mass is 9.93. The standard InChI is InChI=1S/C16H17NO3/c1-2-14-12(6-8-20-14)15(18)11-4-3-10-5-7-17-16(19)13(10)9-11/h3-4,6,8-9,15,18H,2,5,7H2,1H3,(H,17,19). The first kappa shape index (κ1) is 12.9. The second-order valence-electron chi connectivity index (χ2n) is 4.98. The van der Waals surface area contributed by atoms with Crippen molar-refractivity contribution in [1.82, 2.24) is 5.32 Å². The Balaban J connectivity index is 1.98. The molecule has 1 aromatic carbocycles. The van der Waals surface area contributed by atoms with E-state index in [0.29, 0.717) is 12.1 Å². The number of carbonyl (C=O) groups is 1. The number of hydrogen-bond donors (Lipinski definition) is 2. The maximum atomic E-state index is 11.9. The first-order valence-corrected chi connectivity index (χ1v) is 6.86. The summed E-state index contributed by atoms with van der Waals surface area (Å²) < 4.78 is 5.35. The summed E-state index contributed by atoms with van der Waals surface area (Å²) in [6, 6.07) is 7.37. The van der Waals surface area contributed by atoms with E-state index in [-0.39, 0.29) is 5.91 Å². The molecule has 1 amide bonds. The number of fused-ring (bicyclic) bond motifs is 1. The molecule has 4 nitrogen and oxygen atoms in total. The highest BCUT2D eigenvalue weighted by atomic mass is 16.3. The van der Waals surface area contributed by atoms with E-state index in [4.69, 9.17) is 4.42 Å². The van der Waals surface area contributed by atoms with Crippen LogP contribution in [0.15, 0.2) is 34.9 Å². The van der Waals surface area contributed by atoms with Gasteiger partial charge in [-0.3, -0.25) is 4.79 Å². The number of furan rings is 1. The number of amides is 1. The van der Waals surface area contributed by atoms with Crippen LogP contribution in [-0.4, -0.2) is 17.6 Å². The number of hydrogen-bond acceptors (Lipinski definition) is 3. The minimum absolute atomic E-state index is 0.0665. The number of nitrogens with one attached hydrogen (secondary N) is 1. The summed E-state index contributed by atoms with van der Waals surface area (Å²) in [5, 5.41) is 13.3. The molecule has 1 atom stereocenters. The molecule has 0 bridgehead atoms. The van der Waals surface area contributed by atoms with Crippen molar-refractivity contribution in [3.05, 3.63) is 58.5 Å². The first-order chi connectivity index (χ1) is 9.70. The fourth-order valence-corrected chi connectivity index (χ4v) is 2.66. The number of carbonyl (C=O) groups excluding carboxylic acids is 1. The second kappa shape index (κ2) is 5.13. The molecule has 0 saturated carbocycles. The van der Waals surface area contributed by atoms with E-state index in [9.17, 15) is 9.90 Å². The van der Waals surface area contributed by atoms with Crippen LogP contribution in [0.1, 0.15) is 45.8 Å². The van der Waals surface area contributed by atoms with E-state index < -0.39 is 6.10 Å². The minimum Gasteiger partial charge on any atom is -0.469 e. The van der Waals surface area contributed by atoms with Gasteiger partial charge in [0, 0.05) is 24.1 Å². The van der Waals surface area contributed by atoms with Gasteiger partial charge in [0.1, 0.15) is 11.9 Å². The third-order valence-electron chi connectivity index (χ3n) is 3.77. The number of rotatable bonds is 3. The Morgan fingerprint density at radius 3 is 3.05 bits per heavy atom. The van der Waals surface area contributed by atoms with Crippen LogP contribution in [0.3, 0.4) is 0 Å². The van der Waals surface area contributed by atoms with Gasteiger partial charge in [-0.25, -0.2) is 0 Å². The summed E-state index contributed by atoms with van der Waals surface area (Å²) in [5.74, 6) is 0.711. The molecule has 0 aliphatic carbocycles. The van der Waals surface area contributed by atoms with E-state index in [1.165, 1.54) is 0 Å². The largest absolute Gasteiger partial charge is 0.469 e. The molecular formula is C16H17NO3. The highest BCUT2D eigenvalue weighted by molar-refractivity contribution is 5.96. The highest BCUT2D eigenvalue weighted by Gasteiger charge is 2.21. The van der Waals surface area contributed by atoms with Crippen molar-refractivity contribution in [3.8, 4) is 0 Å². The molecule has 0 saturated heterocycles. The monoisotopic (exact) mass is 271 g/mol. The molecule has 1 aliphatic rings. The van der Waals surface area contributed by atoms with Crippen molar-refractivity contribution in [2.75, 3.05) is 6.54 Å². The molecule has 4 heteroatoms. The molecule has 0 spiro atoms. The van der Waals surface area contributed by atoms with Gasteiger partial charge < -0.3 is 14.8 Å². The number of aliphatic hydroxyl groups is 1. The molecular weight excluding hydrogens is 254 g/mol. The molecule has 3 rings (SSSR count). The van der Waals surface area contributed by atoms with Gasteiger partial charge >= 0.3 is 0 Å². The molecule has 1 unspecified atom stereocenters. The first-order valence-electron chi connectivity index (χ1n) is 6.86. The van der Waals surface area contributed by atoms with Crippen molar-refractivity contribution in [2.45, 2.75) is 25.9 Å². The predicted molar refractivity (Wildman–Crippen MR) is 74.6 cm³/mol. The van der Waals surface area contributed by atoms with Crippen LogP contribution in [0, 0.1) is 0 Å². The van der Waals surface area contributed by atoms with Gasteiger partial charge in [0.25, 0.3) is 5.91 Å². The maximum Gasteiger partial charge on any atom is 0.251 e. The number of benzene rings is 1. The lowest BCUT2D eigenvalue weighted by molar-refractivity contribution is 0.0945. The van der Waals surface area contributed by atoms with Gasteiger partial charge in [0.2, 0.25) is 0 Å². The van der Waals surface area contributed by atoms with E-state index in [1.807, 2.05) is 19.1 Å². The van der Waals surface area contributed by atoms with Crippen molar-refractivity contribution in [2.24, 2.45) is 0 Å². The molecule has 1 aromatic heterocycles. The fourth-order valence-electron chi connectivity index (χ4n) is 2.66. The van der Waals surface area contributed by atoms with Crippen LogP contribution in [0.4, 0.5) is 0 Å². The van der Waals surface area contributed by atoms with Crippen LogP contribution in [0.5, 0.6) is 0 Å². The lowest BCUT2D eigenvalue weighted by Crippen LogP contribution is -2.31. The van der Waals surface area contributed by atoms with Crippen molar-refractivity contribution < 1.29 is 14.3 Å². The zero-order valence-corrected chi connectivity index (χ0v) is 11.3. The van der Waals surface area contributed by atoms with Crippen molar-refractivity contribution in [1.29, 1.82) is 0 Å². The van der Waals surface area contributed by atoms with Gasteiger partial charge in [-0.05, 0) is 29.7 Å². The Morgan fingerprint density at radius 2 is 2.25 bits per heavy atom. The number of aryl methyl sites for hydroxylation is 1. The SMILES string of the molecule is CCc1occc1C(O)c1ccc2c(c1)C(=O)NCC2. The highest BCUT2D eigenvalue weighted by Crippen LogP contribution is 2.28. The van der Waals surface area contributed by atoms with Gasteiger partial charge in [-0.1, -0.05) is 19.1 Å². The summed E-state index contributed by atoms with van der Waals surface area (Å²) in [6.45, 7) is 2.66. The Bertz CT molecular complexity index is 645. The molecule has 0 fully saturated rings.